The summed E-state index contributed by atoms with van der Waals surface area (Å²) in [5.41, 5.74) is 0. The van der Waals surface area contributed by atoms with Crippen molar-refractivity contribution in [2.24, 2.45) is 11.8 Å². The molecule has 2 N–H and O–H groups in total. The van der Waals surface area contributed by atoms with Crippen molar-refractivity contribution >= 4 is 29.4 Å². The van der Waals surface area contributed by atoms with Crippen LogP contribution in [0.1, 0.15) is 13.8 Å². The maximum Gasteiger partial charge on any atom is 0.503 e. The van der Waals surface area contributed by atoms with Gasteiger partial charge in [0, 0.05) is 0 Å². The van der Waals surface area contributed by atoms with Gasteiger partial charge in [0.15, 0.2) is 0 Å². The Labute approximate surface area is 74.9 Å². The van der Waals surface area contributed by atoms with Gasteiger partial charge in [-0.15, -0.1) is 23.2 Å². The first kappa shape index (κ1) is 10.8. The molecule has 11 heavy (non-hydrogen) atoms. The largest absolute Gasteiger partial charge is 0.503 e. The summed E-state index contributed by atoms with van der Waals surface area (Å²) in [6.07, 6.45) is -1.83. The summed E-state index contributed by atoms with van der Waals surface area (Å²) in [6, 6.07) is 0. The van der Waals surface area contributed by atoms with Gasteiger partial charge in [-0.25, -0.2) is 4.79 Å². The van der Waals surface area contributed by atoms with Gasteiger partial charge in [-0.05, 0) is 11.8 Å². The van der Waals surface area contributed by atoms with Crippen molar-refractivity contribution in [3.05, 3.63) is 0 Å². The number of rotatable bonds is 0. The fourth-order valence-corrected chi connectivity index (χ4v) is 1.30. The molecule has 0 bridgehead atoms. The molecule has 5 heteroatoms. The lowest BCUT2D eigenvalue weighted by atomic mass is 10.4. The SMILES string of the molecule is C[C@@H]1[C@@H](C)C1(Cl)Cl.O=C(O)O. The standard InChI is InChI=1S/C5H8Cl2.CH2O3/c1-3-4(2)5(3,6)7;2-1(3)4/h3-4H,1-2H3;(H2,2,3,4)/t3-,4-;/m1./s1. The van der Waals surface area contributed by atoms with Gasteiger partial charge in [0.25, 0.3) is 0 Å². The Morgan fingerprint density at radius 3 is 1.36 bits per heavy atom. The van der Waals surface area contributed by atoms with Crippen LogP contribution in [0, 0.1) is 11.8 Å². The molecule has 0 amide bonds. The Kier molecular flexibility index (Phi) is 3.45. The van der Waals surface area contributed by atoms with Crippen LogP contribution in [-0.2, 0) is 0 Å². The molecule has 0 unspecified atom stereocenters. The molecule has 66 valence electrons. The average molecular weight is 201 g/mol. The number of hydrogen-bond acceptors (Lipinski definition) is 1. The highest BCUT2D eigenvalue weighted by atomic mass is 35.5. The fraction of sp³-hybridized carbons (Fsp3) is 0.833. The number of carbonyl (C=O) groups is 1. The van der Waals surface area contributed by atoms with Crippen LogP contribution in [0.3, 0.4) is 0 Å². The van der Waals surface area contributed by atoms with Crippen molar-refractivity contribution in [1.82, 2.24) is 0 Å². The monoisotopic (exact) mass is 200 g/mol. The molecule has 0 aromatic heterocycles. The predicted octanol–water partition coefficient (Wildman–Crippen LogP) is 2.67. The third kappa shape index (κ3) is 3.16. The molecule has 0 radical (unpaired) electrons. The lowest BCUT2D eigenvalue weighted by Gasteiger charge is -1.87. The van der Waals surface area contributed by atoms with Crippen molar-refractivity contribution in [2.75, 3.05) is 0 Å². The first-order valence-electron chi connectivity index (χ1n) is 3.09. The Bertz CT molecular complexity index is 144. The zero-order valence-corrected chi connectivity index (χ0v) is 7.73. The predicted molar refractivity (Wildman–Crippen MR) is 43.4 cm³/mol. The van der Waals surface area contributed by atoms with Crippen LogP contribution in [0.5, 0.6) is 0 Å². The van der Waals surface area contributed by atoms with E-state index in [2.05, 4.69) is 13.8 Å². The number of carboxylic acid groups (broad SMARTS) is 2. The van der Waals surface area contributed by atoms with Crippen LogP contribution in [0.2, 0.25) is 0 Å². The van der Waals surface area contributed by atoms with Crippen LogP contribution in [0.15, 0.2) is 0 Å². The van der Waals surface area contributed by atoms with E-state index >= 15 is 0 Å². The van der Waals surface area contributed by atoms with E-state index in [1.165, 1.54) is 0 Å². The van der Waals surface area contributed by atoms with E-state index in [0.717, 1.165) is 0 Å². The summed E-state index contributed by atoms with van der Waals surface area (Å²) in [5, 5.41) is 13.9. The maximum atomic E-state index is 8.56. The number of hydrogen-bond donors (Lipinski definition) is 2. The third-order valence-corrected chi connectivity index (χ3v) is 3.23. The Hall–Kier alpha value is -0.150. The summed E-state index contributed by atoms with van der Waals surface area (Å²) >= 11 is 11.4. The summed E-state index contributed by atoms with van der Waals surface area (Å²) in [5.74, 6) is 0.992. The van der Waals surface area contributed by atoms with Crippen molar-refractivity contribution < 1.29 is 15.0 Å². The van der Waals surface area contributed by atoms with Crippen molar-refractivity contribution in [3.63, 3.8) is 0 Å². The summed E-state index contributed by atoms with van der Waals surface area (Å²) < 4.78 is -0.389. The highest BCUT2D eigenvalue weighted by Crippen LogP contribution is 2.58. The topological polar surface area (TPSA) is 57.5 Å². The van der Waals surface area contributed by atoms with Crippen LogP contribution >= 0.6 is 23.2 Å². The van der Waals surface area contributed by atoms with E-state index < -0.39 is 6.16 Å². The molecule has 0 aromatic carbocycles. The van der Waals surface area contributed by atoms with Gasteiger partial charge in [0.05, 0.1) is 0 Å². The lowest BCUT2D eigenvalue weighted by molar-refractivity contribution is 0.137. The minimum atomic E-state index is -1.83. The minimum absolute atomic E-state index is 0.389. The summed E-state index contributed by atoms with van der Waals surface area (Å²) in [4.78, 5) is 8.56. The van der Waals surface area contributed by atoms with Crippen molar-refractivity contribution in [3.8, 4) is 0 Å². The first-order chi connectivity index (χ1) is 4.80. The highest BCUT2D eigenvalue weighted by molar-refractivity contribution is 6.51. The van der Waals surface area contributed by atoms with Gasteiger partial charge in [-0.1, -0.05) is 13.8 Å². The van der Waals surface area contributed by atoms with Gasteiger partial charge >= 0.3 is 6.16 Å². The second kappa shape index (κ2) is 3.50. The molecule has 0 aliphatic heterocycles. The van der Waals surface area contributed by atoms with E-state index in [9.17, 15) is 0 Å². The third-order valence-electron chi connectivity index (χ3n) is 1.86. The van der Waals surface area contributed by atoms with Crippen molar-refractivity contribution in [1.29, 1.82) is 0 Å². The van der Waals surface area contributed by atoms with Crippen LogP contribution in [0.4, 0.5) is 4.79 Å². The molecular formula is C6H10Cl2O3. The summed E-state index contributed by atoms with van der Waals surface area (Å²) in [7, 11) is 0. The second-order valence-corrected chi connectivity index (χ2v) is 3.98. The molecule has 3 nitrogen and oxygen atoms in total. The van der Waals surface area contributed by atoms with Gasteiger partial charge in [-0.3, -0.25) is 0 Å². The Morgan fingerprint density at radius 1 is 1.27 bits per heavy atom. The first-order valence-corrected chi connectivity index (χ1v) is 3.85. The van der Waals surface area contributed by atoms with Crippen LogP contribution in [-0.4, -0.2) is 20.7 Å². The van der Waals surface area contributed by atoms with E-state index in [0.29, 0.717) is 11.8 Å². The normalized spacial score (nSPS) is 31.6. The number of halogens is 2. The van der Waals surface area contributed by atoms with Crippen molar-refractivity contribution in [2.45, 2.75) is 18.2 Å². The Balaban J connectivity index is 0.000000218. The number of alkyl halides is 2. The van der Waals surface area contributed by atoms with E-state index in [1.54, 1.807) is 0 Å². The van der Waals surface area contributed by atoms with Gasteiger partial charge in [0.1, 0.15) is 4.33 Å². The fourth-order valence-electron chi connectivity index (χ4n) is 0.674. The van der Waals surface area contributed by atoms with Crippen LogP contribution in [0.25, 0.3) is 0 Å². The van der Waals surface area contributed by atoms with Gasteiger partial charge in [0.2, 0.25) is 0 Å². The zero-order valence-electron chi connectivity index (χ0n) is 6.21. The minimum Gasteiger partial charge on any atom is -0.450 e. The lowest BCUT2D eigenvalue weighted by Crippen LogP contribution is -1.85. The molecule has 1 aliphatic rings. The molecule has 1 aliphatic carbocycles. The Morgan fingerprint density at radius 2 is 1.36 bits per heavy atom. The van der Waals surface area contributed by atoms with E-state index in [4.69, 9.17) is 38.2 Å². The molecule has 0 aromatic rings. The molecule has 2 atom stereocenters. The molecule has 1 fully saturated rings. The zero-order chi connectivity index (χ0) is 9.23. The molecule has 0 heterocycles. The quantitative estimate of drug-likeness (QED) is 0.592. The molecule has 0 saturated heterocycles. The summed E-state index contributed by atoms with van der Waals surface area (Å²) in [6.45, 7) is 4.12. The molecule has 1 saturated carbocycles. The second-order valence-electron chi connectivity index (χ2n) is 2.53. The molecular weight excluding hydrogens is 191 g/mol. The highest BCUT2D eigenvalue weighted by Gasteiger charge is 2.56. The molecule has 1 rings (SSSR count). The average Bonchev–Trinajstić information content (AvgIpc) is 2.17. The van der Waals surface area contributed by atoms with E-state index in [1.807, 2.05) is 0 Å². The van der Waals surface area contributed by atoms with E-state index in [-0.39, 0.29) is 4.33 Å². The van der Waals surface area contributed by atoms with Gasteiger partial charge in [-0.2, -0.15) is 0 Å². The van der Waals surface area contributed by atoms with Gasteiger partial charge < -0.3 is 10.2 Å². The smallest absolute Gasteiger partial charge is 0.450 e. The maximum absolute atomic E-state index is 8.56. The molecule has 0 spiro atoms. The van der Waals surface area contributed by atoms with Crippen LogP contribution < -0.4 is 0 Å².